The molecule has 27 heavy (non-hydrogen) atoms. The summed E-state index contributed by atoms with van der Waals surface area (Å²) in [4.78, 5) is 23.1. The highest BCUT2D eigenvalue weighted by Gasteiger charge is 2.34. The van der Waals surface area contributed by atoms with Crippen LogP contribution >= 0.6 is 0 Å². The predicted molar refractivity (Wildman–Crippen MR) is 101 cm³/mol. The van der Waals surface area contributed by atoms with Crippen LogP contribution in [0.2, 0.25) is 0 Å². The van der Waals surface area contributed by atoms with E-state index in [-0.39, 0.29) is 18.0 Å². The van der Waals surface area contributed by atoms with Crippen LogP contribution in [0, 0.1) is 16.0 Å². The summed E-state index contributed by atoms with van der Waals surface area (Å²) in [5.41, 5.74) is 2.44. The normalized spacial score (nSPS) is 13.8. The molecule has 3 aromatic rings. The number of fused-ring (bicyclic) bond motifs is 2. The molecule has 5 heteroatoms. The minimum Gasteiger partial charge on any atom is -0.457 e. The molecule has 1 atom stereocenters. The van der Waals surface area contributed by atoms with Gasteiger partial charge in [0.2, 0.25) is 0 Å². The first-order valence-corrected chi connectivity index (χ1v) is 8.72. The van der Waals surface area contributed by atoms with Gasteiger partial charge in [0.05, 0.1) is 4.92 Å². The molecular weight excluding hydrogens is 342 g/mol. The maximum Gasteiger partial charge on any atom is 0.272 e. The van der Waals surface area contributed by atoms with Gasteiger partial charge in [-0.3, -0.25) is 10.1 Å². The molecule has 0 bridgehead atoms. The topological polar surface area (TPSA) is 69.4 Å². The Hall–Kier alpha value is -3.47. The molecule has 0 saturated heterocycles. The molecule has 0 amide bonds. The number of hydrogen-bond acceptors (Lipinski definition) is 4. The molecule has 4 rings (SSSR count). The van der Waals surface area contributed by atoms with Gasteiger partial charge in [-0.1, -0.05) is 54.6 Å². The Morgan fingerprint density at radius 1 is 0.926 bits per heavy atom. The van der Waals surface area contributed by atoms with Gasteiger partial charge >= 0.3 is 0 Å². The van der Waals surface area contributed by atoms with E-state index < -0.39 is 10.8 Å². The fourth-order valence-electron chi connectivity index (χ4n) is 3.77. The van der Waals surface area contributed by atoms with Crippen LogP contribution in [-0.2, 0) is 11.2 Å². The average molecular weight is 359 g/mol. The number of nitrogens with zero attached hydrogens (tertiary/aromatic N) is 1. The number of carbonyl (C=O) groups is 1. The fraction of sp³-hybridized carbons (Fsp3) is 0.136. The van der Waals surface area contributed by atoms with E-state index in [0.29, 0.717) is 5.56 Å². The summed E-state index contributed by atoms with van der Waals surface area (Å²) >= 11 is 0. The molecule has 134 valence electrons. The third kappa shape index (κ3) is 3.08. The molecule has 0 N–H and O–H groups in total. The van der Waals surface area contributed by atoms with Gasteiger partial charge in [0.1, 0.15) is 17.8 Å². The van der Waals surface area contributed by atoms with Crippen LogP contribution in [0.1, 0.15) is 22.6 Å². The van der Waals surface area contributed by atoms with Gasteiger partial charge in [-0.25, -0.2) is 0 Å². The minimum absolute atomic E-state index is 0.0398. The monoisotopic (exact) mass is 359 g/mol. The average Bonchev–Trinajstić information content (AvgIpc) is 2.70. The Morgan fingerprint density at radius 3 is 2.07 bits per heavy atom. The van der Waals surface area contributed by atoms with E-state index >= 15 is 0 Å². The summed E-state index contributed by atoms with van der Waals surface area (Å²) in [6.45, 7) is 0. The minimum atomic E-state index is -0.447. The van der Waals surface area contributed by atoms with Gasteiger partial charge < -0.3 is 9.53 Å². The fourth-order valence-corrected chi connectivity index (χ4v) is 3.77. The molecule has 0 spiro atoms. The van der Waals surface area contributed by atoms with E-state index in [1.54, 1.807) is 18.2 Å². The maximum atomic E-state index is 12.1. The number of ether oxygens (including phenoxy) is 1. The van der Waals surface area contributed by atoms with E-state index in [4.69, 9.17) is 4.74 Å². The van der Waals surface area contributed by atoms with Crippen molar-refractivity contribution < 1.29 is 14.5 Å². The quantitative estimate of drug-likeness (QED) is 0.369. The molecule has 1 aliphatic heterocycles. The highest BCUT2D eigenvalue weighted by Crippen LogP contribution is 2.47. The zero-order chi connectivity index (χ0) is 18.8. The Balaban J connectivity index is 1.80. The zero-order valence-electron chi connectivity index (χ0n) is 14.4. The van der Waals surface area contributed by atoms with Crippen molar-refractivity contribution in [3.05, 3.63) is 99.6 Å². The summed E-state index contributed by atoms with van der Waals surface area (Å²) in [5.74, 6) is 0.770. The van der Waals surface area contributed by atoms with Crippen LogP contribution in [0.25, 0.3) is 0 Å². The Kier molecular flexibility index (Phi) is 4.42. The first-order valence-electron chi connectivity index (χ1n) is 8.72. The number of hydrogen-bond donors (Lipinski definition) is 0. The van der Waals surface area contributed by atoms with Gasteiger partial charge in [0, 0.05) is 34.6 Å². The van der Waals surface area contributed by atoms with Gasteiger partial charge in [0.25, 0.3) is 5.69 Å². The van der Waals surface area contributed by atoms with Gasteiger partial charge in [-0.05, 0) is 18.6 Å². The smallest absolute Gasteiger partial charge is 0.272 e. The van der Waals surface area contributed by atoms with Crippen molar-refractivity contribution in [1.82, 2.24) is 0 Å². The highest BCUT2D eigenvalue weighted by molar-refractivity contribution is 5.64. The second-order valence-electron chi connectivity index (χ2n) is 6.55. The molecule has 3 aromatic carbocycles. The van der Waals surface area contributed by atoms with Crippen LogP contribution < -0.4 is 4.74 Å². The first-order chi connectivity index (χ1) is 13.2. The molecule has 0 aromatic heterocycles. The molecule has 1 aliphatic rings. The number of benzene rings is 3. The number of nitro benzene ring substituents is 1. The van der Waals surface area contributed by atoms with Gasteiger partial charge in [-0.2, -0.15) is 0 Å². The van der Waals surface area contributed by atoms with Crippen LogP contribution in [0.3, 0.4) is 0 Å². The lowest BCUT2D eigenvalue weighted by Gasteiger charge is -2.31. The third-order valence-corrected chi connectivity index (χ3v) is 4.97. The first kappa shape index (κ1) is 17.0. The molecular formula is C22H17NO4. The van der Waals surface area contributed by atoms with Crippen LogP contribution in [0.4, 0.5) is 5.69 Å². The van der Waals surface area contributed by atoms with Crippen molar-refractivity contribution in [2.75, 3.05) is 0 Å². The third-order valence-electron chi connectivity index (χ3n) is 4.97. The van der Waals surface area contributed by atoms with Crippen molar-refractivity contribution in [3.63, 3.8) is 0 Å². The number of carbonyl (C=O) groups excluding carboxylic acids is 1. The van der Waals surface area contributed by atoms with E-state index in [1.165, 1.54) is 6.07 Å². The lowest BCUT2D eigenvalue weighted by molar-refractivity contribution is -0.385. The molecule has 0 fully saturated rings. The predicted octanol–water partition coefficient (Wildman–Crippen LogP) is 4.89. The summed E-state index contributed by atoms with van der Waals surface area (Å²) in [6.07, 6.45) is 1.19. The van der Waals surface area contributed by atoms with Crippen molar-refractivity contribution in [3.8, 4) is 11.5 Å². The lowest BCUT2D eigenvalue weighted by atomic mass is 9.76. The SMILES string of the molecule is O=C[C@H](Cc1ccccc1[N+](=O)[O-])C1c2ccccc2Oc2ccccc21. The van der Waals surface area contributed by atoms with Crippen LogP contribution in [0.15, 0.2) is 72.8 Å². The van der Waals surface area contributed by atoms with E-state index in [9.17, 15) is 14.9 Å². The maximum absolute atomic E-state index is 12.1. The standard InChI is InChI=1S/C22H17NO4/c24-14-16(13-15-7-1-4-10-19(15)23(25)26)22-17-8-2-5-11-20(17)27-21-12-6-3-9-18(21)22/h1-12,14,16,22H,13H2/t16-/m0/s1. The number of para-hydroxylation sites is 3. The number of rotatable bonds is 5. The Morgan fingerprint density at radius 2 is 1.48 bits per heavy atom. The molecule has 5 nitrogen and oxygen atoms in total. The summed E-state index contributed by atoms with van der Waals surface area (Å²) in [7, 11) is 0. The van der Waals surface area contributed by atoms with E-state index in [1.807, 2.05) is 48.5 Å². The molecule has 0 unspecified atom stereocenters. The number of aldehydes is 1. The Bertz CT molecular complexity index is 969. The largest absolute Gasteiger partial charge is 0.457 e. The number of nitro groups is 1. The summed E-state index contributed by atoms with van der Waals surface area (Å²) in [6, 6.07) is 21.9. The second-order valence-corrected chi connectivity index (χ2v) is 6.55. The van der Waals surface area contributed by atoms with Gasteiger partial charge in [-0.15, -0.1) is 0 Å². The summed E-state index contributed by atoms with van der Waals surface area (Å²) in [5, 5.41) is 11.4. The second kappa shape index (κ2) is 7.03. The molecule has 0 saturated carbocycles. The Labute approximate surface area is 156 Å². The molecule has 1 heterocycles. The van der Waals surface area contributed by atoms with Crippen molar-refractivity contribution >= 4 is 12.0 Å². The van der Waals surface area contributed by atoms with Crippen molar-refractivity contribution in [2.24, 2.45) is 5.92 Å². The van der Waals surface area contributed by atoms with E-state index in [0.717, 1.165) is 28.9 Å². The van der Waals surface area contributed by atoms with Crippen molar-refractivity contribution in [2.45, 2.75) is 12.3 Å². The highest BCUT2D eigenvalue weighted by atomic mass is 16.6. The molecule has 0 aliphatic carbocycles. The zero-order valence-corrected chi connectivity index (χ0v) is 14.4. The summed E-state index contributed by atoms with van der Waals surface area (Å²) < 4.78 is 5.99. The van der Waals surface area contributed by atoms with Crippen LogP contribution in [-0.4, -0.2) is 11.2 Å². The lowest BCUT2D eigenvalue weighted by Crippen LogP contribution is -2.22. The molecule has 0 radical (unpaired) electrons. The van der Waals surface area contributed by atoms with Gasteiger partial charge in [0.15, 0.2) is 0 Å². The van der Waals surface area contributed by atoms with Crippen LogP contribution in [0.5, 0.6) is 11.5 Å². The van der Waals surface area contributed by atoms with E-state index in [2.05, 4.69) is 0 Å². The van der Waals surface area contributed by atoms with Crippen molar-refractivity contribution in [1.29, 1.82) is 0 Å².